The van der Waals surface area contributed by atoms with E-state index in [0.717, 1.165) is 41.1 Å². The van der Waals surface area contributed by atoms with Crippen LogP contribution in [0.25, 0.3) is 17.2 Å². The third-order valence-corrected chi connectivity index (χ3v) is 6.20. The van der Waals surface area contributed by atoms with Gasteiger partial charge in [0.1, 0.15) is 5.75 Å². The van der Waals surface area contributed by atoms with Crippen LogP contribution in [-0.2, 0) is 11.2 Å². The highest BCUT2D eigenvalue weighted by molar-refractivity contribution is 5.76. The van der Waals surface area contributed by atoms with E-state index in [-0.39, 0.29) is 5.91 Å². The molecule has 0 spiro atoms. The van der Waals surface area contributed by atoms with E-state index in [1.165, 1.54) is 25.7 Å². The Labute approximate surface area is 183 Å². The van der Waals surface area contributed by atoms with Gasteiger partial charge in [0.25, 0.3) is 5.78 Å². The number of hydrogen-bond acceptors (Lipinski definition) is 5. The number of nitrogens with zero attached hydrogens (tertiary/aromatic N) is 4. The molecule has 1 amide bonds. The van der Waals surface area contributed by atoms with Crippen molar-refractivity contribution >= 4 is 11.7 Å². The minimum atomic E-state index is 0.126. The minimum absolute atomic E-state index is 0.126. The summed E-state index contributed by atoms with van der Waals surface area (Å²) in [7, 11) is 1.64. The van der Waals surface area contributed by atoms with E-state index < -0.39 is 0 Å². The topological polar surface area (TPSA) is 81.4 Å². The maximum atomic E-state index is 12.6. The number of fused-ring (bicyclic) bond motifs is 1. The second-order valence-corrected chi connectivity index (χ2v) is 8.40. The average Bonchev–Trinajstić information content (AvgIpc) is 3.03. The number of carbonyl (C=O) groups excluding carboxylic acids is 1. The molecule has 164 valence electrons. The fourth-order valence-electron chi connectivity index (χ4n) is 4.42. The van der Waals surface area contributed by atoms with Gasteiger partial charge in [-0.15, -0.1) is 5.10 Å². The van der Waals surface area contributed by atoms with Crippen LogP contribution in [0.15, 0.2) is 24.3 Å². The second kappa shape index (κ2) is 9.45. The van der Waals surface area contributed by atoms with E-state index in [0.29, 0.717) is 30.5 Å². The number of amides is 1. The van der Waals surface area contributed by atoms with Crippen LogP contribution in [0.1, 0.15) is 61.9 Å². The number of methoxy groups -OCH3 is 1. The molecule has 2 heterocycles. The summed E-state index contributed by atoms with van der Waals surface area (Å²) in [5, 5.41) is 7.91. The molecule has 1 aromatic carbocycles. The molecule has 0 bridgehead atoms. The summed E-state index contributed by atoms with van der Waals surface area (Å²) in [6.45, 7) is 4.00. The Morgan fingerprint density at radius 2 is 1.94 bits per heavy atom. The second-order valence-electron chi connectivity index (χ2n) is 8.40. The van der Waals surface area contributed by atoms with Gasteiger partial charge in [-0.2, -0.15) is 4.98 Å². The zero-order chi connectivity index (χ0) is 21.8. The van der Waals surface area contributed by atoms with Crippen LogP contribution < -0.4 is 10.1 Å². The molecule has 1 saturated carbocycles. The molecule has 1 aliphatic carbocycles. The molecule has 1 N–H and O–H groups in total. The summed E-state index contributed by atoms with van der Waals surface area (Å²) < 4.78 is 7.09. The van der Waals surface area contributed by atoms with E-state index in [1.54, 1.807) is 11.6 Å². The number of rotatable bonds is 6. The van der Waals surface area contributed by atoms with E-state index >= 15 is 0 Å². The molecule has 2 aromatic heterocycles. The Kier molecular flexibility index (Phi) is 6.49. The van der Waals surface area contributed by atoms with Crippen LogP contribution in [-0.4, -0.2) is 38.6 Å². The van der Waals surface area contributed by atoms with Crippen LogP contribution in [0.2, 0.25) is 0 Å². The molecular weight excluding hydrogens is 390 g/mol. The monoisotopic (exact) mass is 421 g/mol. The van der Waals surface area contributed by atoms with Crippen molar-refractivity contribution in [3.63, 3.8) is 0 Å². The number of carbonyl (C=O) groups is 1. The lowest BCUT2D eigenvalue weighted by Crippen LogP contribution is -2.34. The normalized spacial score (nSPS) is 15.1. The summed E-state index contributed by atoms with van der Waals surface area (Å²) in [6, 6.07) is 8.02. The molecule has 0 aliphatic heterocycles. The van der Waals surface area contributed by atoms with Crippen molar-refractivity contribution in [1.29, 1.82) is 0 Å². The van der Waals surface area contributed by atoms with Gasteiger partial charge in [-0.25, -0.2) is 9.50 Å². The van der Waals surface area contributed by atoms with Crippen LogP contribution in [0, 0.1) is 13.8 Å². The summed E-state index contributed by atoms with van der Waals surface area (Å²) in [4.78, 5) is 21.8. The van der Waals surface area contributed by atoms with Gasteiger partial charge in [0, 0.05) is 29.4 Å². The number of aryl methyl sites for hydroxylation is 2. The van der Waals surface area contributed by atoms with E-state index in [9.17, 15) is 4.79 Å². The van der Waals surface area contributed by atoms with Gasteiger partial charge >= 0.3 is 0 Å². The predicted molar refractivity (Wildman–Crippen MR) is 120 cm³/mol. The zero-order valence-electron chi connectivity index (χ0n) is 18.6. The van der Waals surface area contributed by atoms with Crippen molar-refractivity contribution < 1.29 is 9.53 Å². The number of benzene rings is 1. The molecule has 1 aliphatic rings. The Morgan fingerprint density at radius 1 is 1.16 bits per heavy atom. The fraction of sp³-hybridized carbons (Fsp3) is 0.500. The summed E-state index contributed by atoms with van der Waals surface area (Å²) in [5.41, 5.74) is 3.82. The molecule has 31 heavy (non-hydrogen) atoms. The van der Waals surface area contributed by atoms with Gasteiger partial charge in [-0.05, 0) is 50.8 Å². The maximum Gasteiger partial charge on any atom is 0.253 e. The lowest BCUT2D eigenvalue weighted by Gasteiger charge is -2.16. The van der Waals surface area contributed by atoms with Crippen LogP contribution >= 0.6 is 0 Å². The highest BCUT2D eigenvalue weighted by Crippen LogP contribution is 2.23. The standard InChI is InChI=1S/C24H31N5O2/c1-16-21(13-14-22(30)26-19-10-6-4-5-7-11-19)17(2)29-24(25-16)27-23(28-29)18-9-8-12-20(15-18)31-3/h8-9,12,15,19H,4-7,10-11,13-14H2,1-3H3,(H,26,30). The Morgan fingerprint density at radius 3 is 2.68 bits per heavy atom. The molecule has 0 atom stereocenters. The van der Waals surface area contributed by atoms with Gasteiger partial charge in [0.15, 0.2) is 5.82 Å². The Hall–Kier alpha value is -2.96. The lowest BCUT2D eigenvalue weighted by atomic mass is 10.1. The first-order valence-corrected chi connectivity index (χ1v) is 11.2. The molecule has 3 aromatic rings. The van der Waals surface area contributed by atoms with Crippen molar-refractivity contribution in [1.82, 2.24) is 24.9 Å². The highest BCUT2D eigenvalue weighted by Gasteiger charge is 2.18. The number of ether oxygens (including phenoxy) is 1. The quantitative estimate of drug-likeness (QED) is 0.604. The van der Waals surface area contributed by atoms with Gasteiger partial charge in [0.05, 0.1) is 7.11 Å². The smallest absolute Gasteiger partial charge is 0.253 e. The van der Waals surface area contributed by atoms with E-state index in [2.05, 4.69) is 20.4 Å². The summed E-state index contributed by atoms with van der Waals surface area (Å²) >= 11 is 0. The third-order valence-electron chi connectivity index (χ3n) is 6.20. The molecule has 4 rings (SSSR count). The molecule has 7 nitrogen and oxygen atoms in total. The average molecular weight is 422 g/mol. The first-order chi connectivity index (χ1) is 15.0. The molecule has 0 radical (unpaired) electrons. The van der Waals surface area contributed by atoms with Crippen molar-refractivity contribution in [2.45, 2.75) is 71.3 Å². The first-order valence-electron chi connectivity index (χ1n) is 11.2. The summed E-state index contributed by atoms with van der Waals surface area (Å²) in [5.74, 6) is 2.07. The Balaban J connectivity index is 1.51. The third kappa shape index (κ3) is 4.86. The molecule has 0 unspecified atom stereocenters. The predicted octanol–water partition coefficient (Wildman–Crippen LogP) is 4.19. The van der Waals surface area contributed by atoms with Crippen molar-refractivity contribution in [3.05, 3.63) is 41.2 Å². The number of hydrogen-bond donors (Lipinski definition) is 1. The van der Waals surface area contributed by atoms with Crippen molar-refractivity contribution in [2.75, 3.05) is 7.11 Å². The summed E-state index contributed by atoms with van der Waals surface area (Å²) in [6.07, 6.45) is 8.30. The van der Waals surface area contributed by atoms with Crippen LogP contribution in [0.5, 0.6) is 5.75 Å². The Bertz CT molecular complexity index is 1070. The van der Waals surface area contributed by atoms with E-state index in [4.69, 9.17) is 4.74 Å². The van der Waals surface area contributed by atoms with Crippen molar-refractivity contribution in [2.24, 2.45) is 0 Å². The molecule has 7 heteroatoms. The van der Waals surface area contributed by atoms with Gasteiger partial charge in [-0.1, -0.05) is 37.8 Å². The maximum absolute atomic E-state index is 12.6. The van der Waals surface area contributed by atoms with E-state index in [1.807, 2.05) is 38.1 Å². The van der Waals surface area contributed by atoms with Crippen LogP contribution in [0.3, 0.4) is 0 Å². The number of nitrogens with one attached hydrogen (secondary N) is 1. The largest absolute Gasteiger partial charge is 0.497 e. The first kappa shape index (κ1) is 21.3. The molecule has 1 fully saturated rings. The molecular formula is C24H31N5O2. The molecule has 0 saturated heterocycles. The highest BCUT2D eigenvalue weighted by atomic mass is 16.5. The van der Waals surface area contributed by atoms with Gasteiger partial charge < -0.3 is 10.1 Å². The van der Waals surface area contributed by atoms with Gasteiger partial charge in [0.2, 0.25) is 5.91 Å². The zero-order valence-corrected chi connectivity index (χ0v) is 18.6. The fourth-order valence-corrected chi connectivity index (χ4v) is 4.42. The lowest BCUT2D eigenvalue weighted by molar-refractivity contribution is -0.121. The number of aromatic nitrogens is 4. The van der Waals surface area contributed by atoms with Crippen LogP contribution in [0.4, 0.5) is 0 Å². The minimum Gasteiger partial charge on any atom is -0.497 e. The van der Waals surface area contributed by atoms with Gasteiger partial charge in [-0.3, -0.25) is 4.79 Å². The SMILES string of the molecule is COc1cccc(-c2nc3nc(C)c(CCC(=O)NC4CCCCCC4)c(C)n3n2)c1. The van der Waals surface area contributed by atoms with Crippen molar-refractivity contribution in [3.8, 4) is 17.1 Å².